The first kappa shape index (κ1) is 14.1. The molecule has 0 aliphatic heterocycles. The van der Waals surface area contributed by atoms with Crippen LogP contribution in [0.2, 0.25) is 0 Å². The minimum Gasteiger partial charge on any atom is -0.392 e. The van der Waals surface area contributed by atoms with Gasteiger partial charge in [0, 0.05) is 16.6 Å². The predicted octanol–water partition coefficient (Wildman–Crippen LogP) is 2.00. The van der Waals surface area contributed by atoms with Gasteiger partial charge in [0.05, 0.1) is 12.6 Å². The zero-order valence-corrected chi connectivity index (χ0v) is 11.1. The van der Waals surface area contributed by atoms with Crippen molar-refractivity contribution in [3.63, 3.8) is 0 Å². The topological polar surface area (TPSA) is 46.2 Å². The van der Waals surface area contributed by atoms with Crippen LogP contribution in [0.25, 0.3) is 0 Å². The first-order valence-corrected chi connectivity index (χ1v) is 6.76. The summed E-state index contributed by atoms with van der Waals surface area (Å²) in [5.74, 6) is 6.81. The molecule has 0 saturated carbocycles. The van der Waals surface area contributed by atoms with E-state index in [1.165, 1.54) is 5.56 Å². The summed E-state index contributed by atoms with van der Waals surface area (Å²) in [6, 6.07) is 8.07. The highest BCUT2D eigenvalue weighted by Gasteiger charge is 2.09. The molecular formula is C14H19NOS. The van der Waals surface area contributed by atoms with Crippen molar-refractivity contribution in [3.05, 3.63) is 35.4 Å². The van der Waals surface area contributed by atoms with E-state index >= 15 is 0 Å². The van der Waals surface area contributed by atoms with Gasteiger partial charge in [-0.2, -0.15) is 11.8 Å². The summed E-state index contributed by atoms with van der Waals surface area (Å²) in [4.78, 5) is 0. The van der Waals surface area contributed by atoms with Gasteiger partial charge in [0.2, 0.25) is 0 Å². The first-order valence-electron chi connectivity index (χ1n) is 5.71. The normalized spacial score (nSPS) is 13.6. The number of hydrogen-bond donors (Lipinski definition) is 2. The molecule has 0 aliphatic rings. The lowest BCUT2D eigenvalue weighted by molar-refractivity contribution is 0.196. The Morgan fingerprint density at radius 1 is 1.35 bits per heavy atom. The molecule has 3 N–H and O–H groups in total. The Hall–Kier alpha value is -0.950. The molecule has 0 saturated heterocycles. The van der Waals surface area contributed by atoms with Crippen LogP contribution in [-0.2, 0) is 5.75 Å². The summed E-state index contributed by atoms with van der Waals surface area (Å²) < 4.78 is 0. The molecule has 0 aliphatic carbocycles. The van der Waals surface area contributed by atoms with Gasteiger partial charge < -0.3 is 10.8 Å². The minimum absolute atomic E-state index is 0.227. The summed E-state index contributed by atoms with van der Waals surface area (Å²) in [7, 11) is 0. The van der Waals surface area contributed by atoms with Crippen molar-refractivity contribution in [1.82, 2.24) is 0 Å². The molecule has 0 heterocycles. The van der Waals surface area contributed by atoms with Gasteiger partial charge in [0.15, 0.2) is 0 Å². The van der Waals surface area contributed by atoms with Gasteiger partial charge in [-0.25, -0.2) is 0 Å². The molecule has 2 atom stereocenters. The second kappa shape index (κ2) is 7.39. The van der Waals surface area contributed by atoms with Crippen LogP contribution in [0.4, 0.5) is 0 Å². The van der Waals surface area contributed by atoms with E-state index < -0.39 is 0 Å². The van der Waals surface area contributed by atoms with Crippen molar-refractivity contribution in [2.45, 2.75) is 31.0 Å². The van der Waals surface area contributed by atoms with E-state index in [9.17, 15) is 5.11 Å². The first-order chi connectivity index (χ1) is 8.15. The zero-order chi connectivity index (χ0) is 12.7. The van der Waals surface area contributed by atoms with Crippen molar-refractivity contribution in [1.29, 1.82) is 0 Å². The van der Waals surface area contributed by atoms with Gasteiger partial charge in [-0.05, 0) is 18.6 Å². The van der Waals surface area contributed by atoms with Gasteiger partial charge in [-0.15, -0.1) is 0 Å². The Bertz CT molecular complexity index is 406. The van der Waals surface area contributed by atoms with E-state index in [4.69, 9.17) is 5.73 Å². The van der Waals surface area contributed by atoms with Crippen LogP contribution in [0.3, 0.4) is 0 Å². The van der Waals surface area contributed by atoms with Crippen LogP contribution in [0, 0.1) is 11.8 Å². The SMILES string of the molecule is CC(O)C(C)SCc1ccccc1C#CCN. The molecule has 92 valence electrons. The van der Waals surface area contributed by atoms with Crippen LogP contribution in [0.5, 0.6) is 0 Å². The molecule has 17 heavy (non-hydrogen) atoms. The fraction of sp³-hybridized carbons (Fsp3) is 0.429. The number of aliphatic hydroxyl groups is 1. The predicted molar refractivity (Wildman–Crippen MR) is 74.8 cm³/mol. The second-order valence-corrected chi connectivity index (χ2v) is 5.29. The van der Waals surface area contributed by atoms with Crippen molar-refractivity contribution < 1.29 is 5.11 Å². The average molecular weight is 249 g/mol. The molecule has 2 unspecified atom stereocenters. The van der Waals surface area contributed by atoms with E-state index in [0.717, 1.165) is 11.3 Å². The average Bonchev–Trinajstić information content (AvgIpc) is 2.34. The Balaban J connectivity index is 2.70. The van der Waals surface area contributed by atoms with Gasteiger partial charge in [-0.1, -0.05) is 37.0 Å². The van der Waals surface area contributed by atoms with E-state index in [1.54, 1.807) is 11.8 Å². The van der Waals surface area contributed by atoms with E-state index in [1.807, 2.05) is 32.0 Å². The van der Waals surface area contributed by atoms with Crippen LogP contribution in [0.1, 0.15) is 25.0 Å². The lowest BCUT2D eigenvalue weighted by Crippen LogP contribution is -2.15. The maximum absolute atomic E-state index is 9.44. The zero-order valence-electron chi connectivity index (χ0n) is 10.3. The molecule has 3 heteroatoms. The number of rotatable bonds is 4. The molecule has 0 bridgehead atoms. The van der Waals surface area contributed by atoms with Gasteiger partial charge in [0.25, 0.3) is 0 Å². The molecule has 1 aromatic carbocycles. The number of nitrogens with two attached hydrogens (primary N) is 1. The summed E-state index contributed by atoms with van der Waals surface area (Å²) in [6.45, 7) is 4.23. The molecule has 0 aromatic heterocycles. The molecule has 0 amide bonds. The van der Waals surface area contributed by atoms with E-state index in [-0.39, 0.29) is 11.4 Å². The Labute approximate surface area is 108 Å². The monoisotopic (exact) mass is 249 g/mol. The third-order valence-electron chi connectivity index (χ3n) is 2.52. The number of thioether (sulfide) groups is 1. The quantitative estimate of drug-likeness (QED) is 0.802. The third-order valence-corrected chi connectivity index (χ3v) is 3.92. The number of benzene rings is 1. The van der Waals surface area contributed by atoms with Crippen molar-refractivity contribution >= 4 is 11.8 Å². The number of aliphatic hydroxyl groups excluding tert-OH is 1. The summed E-state index contributed by atoms with van der Waals surface area (Å²) in [6.07, 6.45) is -0.290. The van der Waals surface area contributed by atoms with Crippen LogP contribution < -0.4 is 5.73 Å². The highest BCUT2D eigenvalue weighted by molar-refractivity contribution is 7.99. The van der Waals surface area contributed by atoms with Gasteiger partial charge in [-0.3, -0.25) is 0 Å². The van der Waals surface area contributed by atoms with Crippen LogP contribution >= 0.6 is 11.8 Å². The van der Waals surface area contributed by atoms with E-state index in [2.05, 4.69) is 17.9 Å². The molecular weight excluding hydrogens is 230 g/mol. The highest BCUT2D eigenvalue weighted by atomic mass is 32.2. The summed E-state index contributed by atoms with van der Waals surface area (Å²) in [5, 5.41) is 9.67. The number of hydrogen-bond acceptors (Lipinski definition) is 3. The lowest BCUT2D eigenvalue weighted by Gasteiger charge is -2.14. The standard InChI is InChI=1S/C14H19NOS/c1-11(16)12(2)17-10-14-7-4-3-6-13(14)8-5-9-15/h3-4,6-7,11-12,16H,9-10,15H2,1-2H3. The Morgan fingerprint density at radius 3 is 2.71 bits per heavy atom. The smallest absolute Gasteiger partial charge is 0.0628 e. The van der Waals surface area contributed by atoms with Gasteiger partial charge in [0.1, 0.15) is 0 Å². The lowest BCUT2D eigenvalue weighted by atomic mass is 10.1. The molecule has 1 aromatic rings. The largest absolute Gasteiger partial charge is 0.392 e. The highest BCUT2D eigenvalue weighted by Crippen LogP contribution is 2.21. The molecule has 0 fully saturated rings. The van der Waals surface area contributed by atoms with Crippen molar-refractivity contribution in [2.24, 2.45) is 5.73 Å². The van der Waals surface area contributed by atoms with Crippen molar-refractivity contribution in [3.8, 4) is 11.8 Å². The van der Waals surface area contributed by atoms with Gasteiger partial charge >= 0.3 is 0 Å². The summed E-state index contributed by atoms with van der Waals surface area (Å²) >= 11 is 1.74. The van der Waals surface area contributed by atoms with Crippen LogP contribution in [-0.4, -0.2) is 23.0 Å². The Kier molecular flexibility index (Phi) is 6.13. The molecule has 1 rings (SSSR count). The van der Waals surface area contributed by atoms with E-state index in [0.29, 0.717) is 6.54 Å². The van der Waals surface area contributed by atoms with Crippen LogP contribution in [0.15, 0.2) is 24.3 Å². The fourth-order valence-corrected chi connectivity index (χ4v) is 2.25. The second-order valence-electron chi connectivity index (χ2n) is 3.92. The maximum Gasteiger partial charge on any atom is 0.0628 e. The Morgan fingerprint density at radius 2 is 2.06 bits per heavy atom. The van der Waals surface area contributed by atoms with Crippen molar-refractivity contribution in [2.75, 3.05) is 6.54 Å². The molecule has 0 spiro atoms. The summed E-state index contributed by atoms with van der Waals surface area (Å²) in [5.41, 5.74) is 7.61. The molecule has 2 nitrogen and oxygen atoms in total. The maximum atomic E-state index is 9.44. The third kappa shape index (κ3) is 4.82. The minimum atomic E-state index is -0.290. The molecule has 0 radical (unpaired) electrons. The fourth-order valence-electron chi connectivity index (χ4n) is 1.27.